The van der Waals surface area contributed by atoms with Gasteiger partial charge in [-0.3, -0.25) is 0 Å². The van der Waals surface area contributed by atoms with Gasteiger partial charge in [-0.15, -0.1) is 11.3 Å². The predicted molar refractivity (Wildman–Crippen MR) is 75.8 cm³/mol. The van der Waals surface area contributed by atoms with E-state index in [9.17, 15) is 0 Å². The minimum absolute atomic E-state index is 0.728. The van der Waals surface area contributed by atoms with E-state index in [4.69, 9.17) is 0 Å². The van der Waals surface area contributed by atoms with Crippen LogP contribution in [0.4, 0.5) is 0 Å². The maximum atomic E-state index is 4.50. The molecule has 0 radical (unpaired) electrons. The molecule has 0 saturated carbocycles. The van der Waals surface area contributed by atoms with Crippen LogP contribution in [0.5, 0.6) is 0 Å². The lowest BCUT2D eigenvalue weighted by Gasteiger charge is -2.14. The molecule has 1 N–H and O–H groups in total. The quantitative estimate of drug-likeness (QED) is 0.877. The van der Waals surface area contributed by atoms with Gasteiger partial charge in [-0.05, 0) is 50.6 Å². The normalized spacial score (nSPS) is 13.1. The second-order valence-corrected chi connectivity index (χ2v) is 5.81. The fourth-order valence-corrected chi connectivity index (χ4v) is 3.08. The fourth-order valence-electron chi connectivity index (χ4n) is 2.19. The Labute approximate surface area is 107 Å². The third-order valence-electron chi connectivity index (χ3n) is 3.15. The van der Waals surface area contributed by atoms with E-state index in [0.717, 1.165) is 29.4 Å². The van der Waals surface area contributed by atoms with Crippen molar-refractivity contribution < 1.29 is 0 Å². The monoisotopic (exact) mass is 248 g/mol. The zero-order valence-electron chi connectivity index (χ0n) is 10.8. The molecule has 2 aromatic rings. The number of benzene rings is 1. The van der Waals surface area contributed by atoms with E-state index in [1.165, 1.54) is 16.7 Å². The van der Waals surface area contributed by atoms with E-state index in [1.54, 1.807) is 11.3 Å². The number of rotatable bonds is 5. The molecule has 2 rings (SSSR count). The highest BCUT2D eigenvalue weighted by Crippen LogP contribution is 2.24. The lowest BCUT2D eigenvalue weighted by Crippen LogP contribution is -2.20. The number of hydrogen-bond acceptors (Lipinski definition) is 3. The van der Waals surface area contributed by atoms with Crippen molar-refractivity contribution >= 4 is 21.6 Å². The van der Waals surface area contributed by atoms with Crippen molar-refractivity contribution in [1.82, 2.24) is 10.3 Å². The van der Waals surface area contributed by atoms with Crippen LogP contribution in [0.2, 0.25) is 0 Å². The summed E-state index contributed by atoms with van der Waals surface area (Å²) in [4.78, 5) is 4.50. The van der Waals surface area contributed by atoms with Gasteiger partial charge in [0.2, 0.25) is 0 Å². The SMILES string of the molecule is CCC(CNC)Cc1ccc2nc(C)sc2c1. The Morgan fingerprint density at radius 3 is 2.94 bits per heavy atom. The van der Waals surface area contributed by atoms with Gasteiger partial charge in [0.25, 0.3) is 0 Å². The molecule has 0 aliphatic heterocycles. The van der Waals surface area contributed by atoms with Gasteiger partial charge in [0.15, 0.2) is 0 Å². The van der Waals surface area contributed by atoms with Crippen molar-refractivity contribution in [2.45, 2.75) is 26.7 Å². The zero-order chi connectivity index (χ0) is 12.3. The summed E-state index contributed by atoms with van der Waals surface area (Å²) in [6.45, 7) is 5.42. The van der Waals surface area contributed by atoms with Gasteiger partial charge in [-0.25, -0.2) is 4.98 Å². The number of fused-ring (bicyclic) bond motifs is 1. The lowest BCUT2D eigenvalue weighted by molar-refractivity contribution is 0.481. The van der Waals surface area contributed by atoms with Crippen molar-refractivity contribution in [2.75, 3.05) is 13.6 Å². The van der Waals surface area contributed by atoms with Crippen LogP contribution in [0.3, 0.4) is 0 Å². The van der Waals surface area contributed by atoms with Crippen LogP contribution < -0.4 is 5.32 Å². The van der Waals surface area contributed by atoms with Crippen LogP contribution in [-0.2, 0) is 6.42 Å². The van der Waals surface area contributed by atoms with Gasteiger partial charge >= 0.3 is 0 Å². The third-order valence-corrected chi connectivity index (χ3v) is 4.09. The van der Waals surface area contributed by atoms with E-state index < -0.39 is 0 Å². The molecule has 1 heterocycles. The number of nitrogens with zero attached hydrogens (tertiary/aromatic N) is 1. The number of hydrogen-bond donors (Lipinski definition) is 1. The molecule has 1 atom stereocenters. The Bertz CT molecular complexity index is 490. The number of aromatic nitrogens is 1. The molecule has 0 fully saturated rings. The van der Waals surface area contributed by atoms with E-state index in [2.05, 4.69) is 42.3 Å². The average molecular weight is 248 g/mol. The topological polar surface area (TPSA) is 24.9 Å². The maximum Gasteiger partial charge on any atom is 0.0907 e. The van der Waals surface area contributed by atoms with E-state index >= 15 is 0 Å². The Morgan fingerprint density at radius 1 is 1.41 bits per heavy atom. The summed E-state index contributed by atoms with van der Waals surface area (Å²) in [6, 6.07) is 6.68. The molecule has 2 nitrogen and oxygen atoms in total. The summed E-state index contributed by atoms with van der Waals surface area (Å²) < 4.78 is 1.32. The molecular weight excluding hydrogens is 228 g/mol. The molecule has 0 bridgehead atoms. The highest BCUT2D eigenvalue weighted by Gasteiger charge is 2.08. The van der Waals surface area contributed by atoms with Gasteiger partial charge in [0.05, 0.1) is 15.2 Å². The molecule has 92 valence electrons. The Hall–Kier alpha value is -0.930. The average Bonchev–Trinajstić information content (AvgIpc) is 2.68. The number of thiazole rings is 1. The van der Waals surface area contributed by atoms with Gasteiger partial charge in [0.1, 0.15) is 0 Å². The van der Waals surface area contributed by atoms with Crippen LogP contribution in [0.15, 0.2) is 18.2 Å². The van der Waals surface area contributed by atoms with E-state index in [1.807, 2.05) is 7.05 Å². The molecular formula is C14H20N2S. The summed E-state index contributed by atoms with van der Waals surface area (Å²) >= 11 is 1.79. The highest BCUT2D eigenvalue weighted by molar-refractivity contribution is 7.18. The van der Waals surface area contributed by atoms with Crippen LogP contribution in [-0.4, -0.2) is 18.6 Å². The van der Waals surface area contributed by atoms with Gasteiger partial charge in [-0.2, -0.15) is 0 Å². The third kappa shape index (κ3) is 3.05. The van der Waals surface area contributed by atoms with Crippen molar-refractivity contribution in [2.24, 2.45) is 5.92 Å². The smallest absolute Gasteiger partial charge is 0.0907 e. The lowest BCUT2D eigenvalue weighted by atomic mass is 9.97. The van der Waals surface area contributed by atoms with Crippen molar-refractivity contribution in [3.05, 3.63) is 28.8 Å². The van der Waals surface area contributed by atoms with Crippen LogP contribution in [0.1, 0.15) is 23.9 Å². The van der Waals surface area contributed by atoms with Crippen molar-refractivity contribution in [3.8, 4) is 0 Å². The molecule has 1 unspecified atom stereocenters. The summed E-state index contributed by atoms with van der Waals surface area (Å²) in [7, 11) is 2.03. The summed E-state index contributed by atoms with van der Waals surface area (Å²) in [5.74, 6) is 0.728. The summed E-state index contributed by atoms with van der Waals surface area (Å²) in [6.07, 6.45) is 2.38. The first kappa shape index (κ1) is 12.5. The number of aryl methyl sites for hydroxylation is 1. The molecule has 0 amide bonds. The first-order valence-electron chi connectivity index (χ1n) is 6.23. The minimum atomic E-state index is 0.728. The van der Waals surface area contributed by atoms with Gasteiger partial charge in [0, 0.05) is 0 Å². The standard InChI is InChI=1S/C14H20N2S/c1-4-11(9-15-3)7-12-5-6-13-14(8-12)17-10(2)16-13/h5-6,8,11,15H,4,7,9H2,1-3H3. The molecule has 0 aliphatic carbocycles. The van der Waals surface area contributed by atoms with Crippen LogP contribution in [0, 0.1) is 12.8 Å². The molecule has 17 heavy (non-hydrogen) atoms. The zero-order valence-corrected chi connectivity index (χ0v) is 11.6. The molecule has 0 spiro atoms. The fraction of sp³-hybridized carbons (Fsp3) is 0.500. The predicted octanol–water partition coefficient (Wildman–Crippen LogP) is 3.39. The van der Waals surface area contributed by atoms with Crippen LogP contribution in [0.25, 0.3) is 10.2 Å². The van der Waals surface area contributed by atoms with Gasteiger partial charge in [-0.1, -0.05) is 19.4 Å². The second kappa shape index (κ2) is 5.61. The van der Waals surface area contributed by atoms with Crippen LogP contribution >= 0.6 is 11.3 Å². The Kier molecular flexibility index (Phi) is 4.13. The minimum Gasteiger partial charge on any atom is -0.319 e. The number of nitrogens with one attached hydrogen (secondary N) is 1. The van der Waals surface area contributed by atoms with E-state index in [0.29, 0.717) is 0 Å². The molecule has 0 aliphatic rings. The molecule has 1 aromatic carbocycles. The Balaban J connectivity index is 2.17. The molecule has 0 saturated heterocycles. The largest absolute Gasteiger partial charge is 0.319 e. The van der Waals surface area contributed by atoms with E-state index in [-0.39, 0.29) is 0 Å². The summed E-state index contributed by atoms with van der Waals surface area (Å²) in [5.41, 5.74) is 2.57. The molecule has 3 heteroatoms. The van der Waals surface area contributed by atoms with Gasteiger partial charge < -0.3 is 5.32 Å². The maximum absolute atomic E-state index is 4.50. The first-order valence-corrected chi connectivity index (χ1v) is 7.05. The summed E-state index contributed by atoms with van der Waals surface area (Å²) in [5, 5.41) is 4.42. The molecule has 1 aromatic heterocycles. The van der Waals surface area contributed by atoms with Crippen molar-refractivity contribution in [3.63, 3.8) is 0 Å². The van der Waals surface area contributed by atoms with Crippen molar-refractivity contribution in [1.29, 1.82) is 0 Å². The highest BCUT2D eigenvalue weighted by atomic mass is 32.1. The Morgan fingerprint density at radius 2 is 2.24 bits per heavy atom. The second-order valence-electron chi connectivity index (χ2n) is 4.57. The first-order chi connectivity index (χ1) is 8.22.